The average molecular weight is 452 g/mol. The van der Waals surface area contributed by atoms with Crippen LogP contribution >= 0.6 is 22.6 Å². The van der Waals surface area contributed by atoms with Crippen molar-refractivity contribution in [2.75, 3.05) is 11.9 Å². The number of anilines is 1. The molecule has 0 aliphatic carbocycles. The molecule has 8 heteroatoms. The van der Waals surface area contributed by atoms with Gasteiger partial charge < -0.3 is 10.1 Å². The predicted octanol–water partition coefficient (Wildman–Crippen LogP) is 3.39. The lowest BCUT2D eigenvalue weighted by molar-refractivity contribution is -0.384. The molecule has 2 rings (SSSR count). The van der Waals surface area contributed by atoms with Crippen LogP contribution in [-0.4, -0.2) is 23.4 Å². The fraction of sp³-hybridized carbons (Fsp3) is 0.0588. The number of benzene rings is 2. The van der Waals surface area contributed by atoms with Crippen molar-refractivity contribution in [3.8, 4) is 0 Å². The summed E-state index contributed by atoms with van der Waals surface area (Å²) in [5.41, 5.74) is 1.19. The number of hydrogen-bond acceptors (Lipinski definition) is 5. The Balaban J connectivity index is 1.81. The van der Waals surface area contributed by atoms with E-state index in [1.807, 2.05) is 6.07 Å². The summed E-state index contributed by atoms with van der Waals surface area (Å²) in [6.45, 7) is -0.408. The molecule has 0 saturated heterocycles. The van der Waals surface area contributed by atoms with Gasteiger partial charge in [-0.05, 0) is 64.6 Å². The van der Waals surface area contributed by atoms with E-state index in [0.717, 1.165) is 9.65 Å². The number of esters is 1. The van der Waals surface area contributed by atoms with E-state index < -0.39 is 23.4 Å². The maximum atomic E-state index is 11.7. The van der Waals surface area contributed by atoms with E-state index in [1.165, 1.54) is 30.3 Å². The molecule has 0 aliphatic rings. The summed E-state index contributed by atoms with van der Waals surface area (Å²) < 4.78 is 5.81. The molecule has 2 aromatic carbocycles. The minimum atomic E-state index is -0.684. The Morgan fingerprint density at radius 2 is 1.92 bits per heavy atom. The van der Waals surface area contributed by atoms with Gasteiger partial charge in [-0.1, -0.05) is 6.07 Å². The molecule has 0 spiro atoms. The molecule has 0 aromatic heterocycles. The number of nitro benzene ring substituents is 1. The highest BCUT2D eigenvalue weighted by Crippen LogP contribution is 2.13. The van der Waals surface area contributed by atoms with Gasteiger partial charge in [-0.2, -0.15) is 0 Å². The SMILES string of the molecule is O=C(COC(=O)/C=C/c1ccc([N+](=O)[O-])cc1)Nc1cccc(I)c1. The fourth-order valence-electron chi connectivity index (χ4n) is 1.82. The molecule has 1 amide bonds. The first-order valence-electron chi connectivity index (χ1n) is 7.09. The summed E-state index contributed by atoms with van der Waals surface area (Å²) in [4.78, 5) is 33.4. The Morgan fingerprint density at radius 1 is 1.20 bits per heavy atom. The third-order valence-corrected chi connectivity index (χ3v) is 3.64. The summed E-state index contributed by atoms with van der Waals surface area (Å²) in [7, 11) is 0. The number of nitro groups is 1. The highest BCUT2D eigenvalue weighted by atomic mass is 127. The lowest BCUT2D eigenvalue weighted by atomic mass is 10.2. The van der Waals surface area contributed by atoms with Crippen molar-refractivity contribution in [1.82, 2.24) is 0 Å². The van der Waals surface area contributed by atoms with Gasteiger partial charge in [0.25, 0.3) is 11.6 Å². The van der Waals surface area contributed by atoms with Crippen LogP contribution in [0.2, 0.25) is 0 Å². The van der Waals surface area contributed by atoms with Gasteiger partial charge in [0.1, 0.15) is 0 Å². The molecule has 0 saturated carbocycles. The van der Waals surface area contributed by atoms with Crippen molar-refractivity contribution in [1.29, 1.82) is 0 Å². The molecule has 25 heavy (non-hydrogen) atoms. The van der Waals surface area contributed by atoms with Crippen molar-refractivity contribution in [2.45, 2.75) is 0 Å². The van der Waals surface area contributed by atoms with Crippen LogP contribution in [0.3, 0.4) is 0 Å². The van der Waals surface area contributed by atoms with Crippen LogP contribution in [0, 0.1) is 13.7 Å². The topological polar surface area (TPSA) is 98.5 Å². The molecule has 0 radical (unpaired) electrons. The monoisotopic (exact) mass is 452 g/mol. The smallest absolute Gasteiger partial charge is 0.331 e. The van der Waals surface area contributed by atoms with Crippen LogP contribution in [0.1, 0.15) is 5.56 Å². The lowest BCUT2D eigenvalue weighted by Gasteiger charge is -2.05. The van der Waals surface area contributed by atoms with Crippen molar-refractivity contribution < 1.29 is 19.2 Å². The first-order chi connectivity index (χ1) is 11.9. The number of hydrogen-bond donors (Lipinski definition) is 1. The molecule has 128 valence electrons. The second-order valence-electron chi connectivity index (χ2n) is 4.85. The Morgan fingerprint density at radius 3 is 2.56 bits per heavy atom. The molecule has 0 atom stereocenters. The van der Waals surface area contributed by atoms with Crippen LogP contribution in [0.15, 0.2) is 54.6 Å². The third kappa shape index (κ3) is 6.34. The highest BCUT2D eigenvalue weighted by molar-refractivity contribution is 14.1. The first kappa shape index (κ1) is 18.6. The molecular formula is C17H13IN2O5. The zero-order chi connectivity index (χ0) is 18.2. The van der Waals surface area contributed by atoms with E-state index in [2.05, 4.69) is 27.9 Å². The number of rotatable bonds is 6. The second-order valence-corrected chi connectivity index (χ2v) is 6.09. The van der Waals surface area contributed by atoms with Crippen molar-refractivity contribution in [3.05, 3.63) is 73.9 Å². The van der Waals surface area contributed by atoms with Gasteiger partial charge in [-0.15, -0.1) is 0 Å². The van der Waals surface area contributed by atoms with Gasteiger partial charge in [0.05, 0.1) is 4.92 Å². The fourth-order valence-corrected chi connectivity index (χ4v) is 2.36. The molecule has 1 N–H and O–H groups in total. The summed E-state index contributed by atoms with van der Waals surface area (Å²) >= 11 is 2.12. The average Bonchev–Trinajstić information content (AvgIpc) is 2.58. The molecule has 0 fully saturated rings. The molecule has 0 bridgehead atoms. The van der Waals surface area contributed by atoms with Crippen molar-refractivity contribution in [2.24, 2.45) is 0 Å². The Labute approximate surface area is 157 Å². The number of amides is 1. The van der Waals surface area contributed by atoms with Gasteiger partial charge >= 0.3 is 5.97 Å². The number of non-ortho nitro benzene ring substituents is 1. The maximum Gasteiger partial charge on any atom is 0.331 e. The number of carbonyl (C=O) groups excluding carboxylic acids is 2. The largest absolute Gasteiger partial charge is 0.452 e. The molecule has 0 unspecified atom stereocenters. The highest BCUT2D eigenvalue weighted by Gasteiger charge is 2.06. The molecule has 2 aromatic rings. The minimum absolute atomic E-state index is 0.0352. The van der Waals surface area contributed by atoms with Gasteiger partial charge in [0, 0.05) is 27.5 Å². The molecule has 0 aliphatic heterocycles. The molecule has 0 heterocycles. The Kier molecular flexibility index (Phi) is 6.63. The van der Waals surface area contributed by atoms with E-state index in [1.54, 1.807) is 18.2 Å². The van der Waals surface area contributed by atoms with Crippen LogP contribution < -0.4 is 5.32 Å². The van der Waals surface area contributed by atoms with E-state index >= 15 is 0 Å². The van der Waals surface area contributed by atoms with Crippen LogP contribution in [0.25, 0.3) is 6.08 Å². The van der Waals surface area contributed by atoms with Gasteiger partial charge in [0.15, 0.2) is 6.61 Å². The number of nitrogens with zero attached hydrogens (tertiary/aromatic N) is 1. The van der Waals surface area contributed by atoms with Gasteiger partial charge in [-0.3, -0.25) is 14.9 Å². The van der Waals surface area contributed by atoms with Crippen LogP contribution in [-0.2, 0) is 14.3 Å². The summed E-state index contributed by atoms with van der Waals surface area (Å²) in [5.74, 6) is -1.13. The number of nitrogens with one attached hydrogen (secondary N) is 1. The Hall–Kier alpha value is -2.75. The molecule has 7 nitrogen and oxygen atoms in total. The second kappa shape index (κ2) is 8.92. The van der Waals surface area contributed by atoms with Gasteiger partial charge in [0.2, 0.25) is 0 Å². The Bertz CT molecular complexity index is 818. The van der Waals surface area contributed by atoms with E-state index in [9.17, 15) is 19.7 Å². The summed E-state index contributed by atoms with van der Waals surface area (Å²) in [6.07, 6.45) is 2.60. The normalized spacial score (nSPS) is 10.4. The zero-order valence-corrected chi connectivity index (χ0v) is 15.0. The number of halogens is 1. The lowest BCUT2D eigenvalue weighted by Crippen LogP contribution is -2.20. The number of carbonyl (C=O) groups is 2. The standard InChI is InChI=1S/C17H13IN2O5/c18-13-2-1-3-14(10-13)19-16(21)11-25-17(22)9-6-12-4-7-15(8-5-12)20(23)24/h1-10H,11H2,(H,19,21)/b9-6+. The summed E-state index contributed by atoms with van der Waals surface area (Å²) in [6, 6.07) is 12.9. The van der Waals surface area contributed by atoms with E-state index in [4.69, 9.17) is 4.74 Å². The van der Waals surface area contributed by atoms with Gasteiger partial charge in [-0.25, -0.2) is 4.79 Å². The van der Waals surface area contributed by atoms with Crippen LogP contribution in [0.5, 0.6) is 0 Å². The molecular weight excluding hydrogens is 439 g/mol. The van der Waals surface area contributed by atoms with E-state index in [-0.39, 0.29) is 5.69 Å². The zero-order valence-electron chi connectivity index (χ0n) is 12.8. The quantitative estimate of drug-likeness (QED) is 0.238. The first-order valence-corrected chi connectivity index (χ1v) is 8.16. The predicted molar refractivity (Wildman–Crippen MR) is 101 cm³/mol. The maximum absolute atomic E-state index is 11.7. The van der Waals surface area contributed by atoms with Crippen molar-refractivity contribution >= 4 is 51.9 Å². The van der Waals surface area contributed by atoms with Crippen molar-refractivity contribution in [3.63, 3.8) is 0 Å². The summed E-state index contributed by atoms with van der Waals surface area (Å²) in [5, 5.41) is 13.2. The number of ether oxygens (including phenoxy) is 1. The van der Waals surface area contributed by atoms with E-state index in [0.29, 0.717) is 11.3 Å². The van der Waals surface area contributed by atoms with Crippen LogP contribution in [0.4, 0.5) is 11.4 Å². The minimum Gasteiger partial charge on any atom is -0.452 e. The third-order valence-electron chi connectivity index (χ3n) is 2.97.